The van der Waals surface area contributed by atoms with Crippen LogP contribution in [0.2, 0.25) is 0 Å². The molecule has 0 unspecified atom stereocenters. The van der Waals surface area contributed by atoms with E-state index < -0.39 is 0 Å². The summed E-state index contributed by atoms with van der Waals surface area (Å²) in [4.78, 5) is 0. The molecule has 0 aliphatic carbocycles. The fraction of sp³-hybridized carbons (Fsp3) is 0.176. The fourth-order valence-electron chi connectivity index (χ4n) is 1.69. The molecule has 2 heteroatoms. The van der Waals surface area contributed by atoms with Crippen molar-refractivity contribution in [3.63, 3.8) is 0 Å². The van der Waals surface area contributed by atoms with Gasteiger partial charge in [0.25, 0.3) is 0 Å². The van der Waals surface area contributed by atoms with E-state index in [1.165, 1.54) is 0 Å². The molecule has 2 aromatic rings. The van der Waals surface area contributed by atoms with Crippen molar-refractivity contribution >= 4 is 5.57 Å². The summed E-state index contributed by atoms with van der Waals surface area (Å²) >= 11 is 0. The van der Waals surface area contributed by atoms with Gasteiger partial charge < -0.3 is 9.47 Å². The first-order chi connectivity index (χ1) is 9.36. The van der Waals surface area contributed by atoms with Crippen molar-refractivity contribution in [3.05, 3.63) is 72.8 Å². The maximum Gasteiger partial charge on any atom is 0.119 e. The molecule has 0 aliphatic heterocycles. The lowest BCUT2D eigenvalue weighted by atomic mass is 10.1. The molecule has 0 spiro atoms. The number of hydrogen-bond donors (Lipinski definition) is 0. The minimum Gasteiger partial charge on any atom is -0.491 e. The second-order valence-corrected chi connectivity index (χ2v) is 4.18. The molecule has 0 bridgehead atoms. The third-order valence-corrected chi connectivity index (χ3v) is 2.70. The minimum absolute atomic E-state index is 0.530. The first-order valence-electron chi connectivity index (χ1n) is 6.35. The van der Waals surface area contributed by atoms with E-state index in [1.807, 2.05) is 60.7 Å². The lowest BCUT2D eigenvalue weighted by Crippen LogP contribution is -2.08. The van der Waals surface area contributed by atoms with E-state index in [2.05, 4.69) is 6.58 Å². The molecule has 2 nitrogen and oxygen atoms in total. The first kappa shape index (κ1) is 13.4. The quantitative estimate of drug-likeness (QED) is 0.700. The standard InChI is InChI=1S/C17H18O2/c1-15(16-8-4-2-5-9-16)14-18-12-13-19-17-10-6-3-7-11-17/h2-11H,1,12-14H2. The summed E-state index contributed by atoms with van der Waals surface area (Å²) in [7, 11) is 0. The molecule has 2 rings (SSSR count). The van der Waals surface area contributed by atoms with Crippen LogP contribution in [0.5, 0.6) is 5.75 Å². The van der Waals surface area contributed by atoms with Crippen LogP contribution in [0.15, 0.2) is 67.2 Å². The number of hydrogen-bond acceptors (Lipinski definition) is 2. The van der Waals surface area contributed by atoms with Gasteiger partial charge in [0.15, 0.2) is 0 Å². The normalized spacial score (nSPS) is 10.1. The van der Waals surface area contributed by atoms with E-state index in [4.69, 9.17) is 9.47 Å². The van der Waals surface area contributed by atoms with Crippen LogP contribution >= 0.6 is 0 Å². The van der Waals surface area contributed by atoms with E-state index in [9.17, 15) is 0 Å². The second-order valence-electron chi connectivity index (χ2n) is 4.18. The van der Waals surface area contributed by atoms with Gasteiger partial charge in [0.05, 0.1) is 13.2 Å². The first-order valence-corrected chi connectivity index (χ1v) is 6.35. The summed E-state index contributed by atoms with van der Waals surface area (Å²) in [6.45, 7) is 5.65. The molecule has 0 fully saturated rings. The zero-order valence-corrected chi connectivity index (χ0v) is 10.9. The summed E-state index contributed by atoms with van der Waals surface area (Å²) in [6.07, 6.45) is 0. The molecular formula is C17H18O2. The topological polar surface area (TPSA) is 18.5 Å². The molecule has 0 N–H and O–H groups in total. The lowest BCUT2D eigenvalue weighted by molar-refractivity contribution is 0.124. The Balaban J connectivity index is 1.63. The molecule has 98 valence electrons. The Morgan fingerprint density at radius 1 is 0.842 bits per heavy atom. The second kappa shape index (κ2) is 7.39. The van der Waals surface area contributed by atoms with Gasteiger partial charge >= 0.3 is 0 Å². The smallest absolute Gasteiger partial charge is 0.119 e. The average Bonchev–Trinajstić information content (AvgIpc) is 2.49. The molecule has 0 radical (unpaired) electrons. The molecule has 0 amide bonds. The van der Waals surface area contributed by atoms with Crippen LogP contribution in [-0.2, 0) is 4.74 Å². The number of benzene rings is 2. The van der Waals surface area contributed by atoms with Crippen LogP contribution in [0.1, 0.15) is 5.56 Å². The van der Waals surface area contributed by atoms with Crippen LogP contribution in [-0.4, -0.2) is 19.8 Å². The van der Waals surface area contributed by atoms with Gasteiger partial charge in [-0.25, -0.2) is 0 Å². The van der Waals surface area contributed by atoms with Gasteiger partial charge in [0, 0.05) is 0 Å². The summed E-state index contributed by atoms with van der Waals surface area (Å²) in [6, 6.07) is 19.8. The van der Waals surface area contributed by atoms with Crippen LogP contribution < -0.4 is 4.74 Å². The van der Waals surface area contributed by atoms with Crippen molar-refractivity contribution in [2.75, 3.05) is 19.8 Å². The zero-order valence-electron chi connectivity index (χ0n) is 10.9. The zero-order chi connectivity index (χ0) is 13.3. The third kappa shape index (κ3) is 4.60. The average molecular weight is 254 g/mol. The summed E-state index contributed by atoms with van der Waals surface area (Å²) in [5.41, 5.74) is 2.10. The van der Waals surface area contributed by atoms with E-state index in [-0.39, 0.29) is 0 Å². The van der Waals surface area contributed by atoms with Crippen LogP contribution in [0.4, 0.5) is 0 Å². The summed E-state index contributed by atoms with van der Waals surface area (Å²) in [5.74, 6) is 0.869. The predicted octanol–water partition coefficient (Wildman–Crippen LogP) is 3.80. The highest BCUT2D eigenvalue weighted by atomic mass is 16.5. The van der Waals surface area contributed by atoms with Gasteiger partial charge in [-0.2, -0.15) is 0 Å². The molecule has 0 heterocycles. The number of para-hydroxylation sites is 1. The Kier molecular flexibility index (Phi) is 5.20. The SMILES string of the molecule is C=C(COCCOc1ccccc1)c1ccccc1. The number of ether oxygens (including phenoxy) is 2. The van der Waals surface area contributed by atoms with Gasteiger partial charge in [0.2, 0.25) is 0 Å². The molecule has 0 aromatic heterocycles. The Morgan fingerprint density at radius 3 is 2.16 bits per heavy atom. The summed E-state index contributed by atoms with van der Waals surface area (Å²) in [5, 5.41) is 0. The van der Waals surface area contributed by atoms with E-state index in [0.29, 0.717) is 19.8 Å². The highest BCUT2D eigenvalue weighted by Crippen LogP contribution is 2.12. The van der Waals surface area contributed by atoms with Gasteiger partial charge in [-0.3, -0.25) is 0 Å². The Morgan fingerprint density at radius 2 is 1.47 bits per heavy atom. The monoisotopic (exact) mass is 254 g/mol. The number of rotatable bonds is 7. The van der Waals surface area contributed by atoms with Crippen LogP contribution in [0, 0.1) is 0 Å². The van der Waals surface area contributed by atoms with Gasteiger partial charge in [-0.1, -0.05) is 55.1 Å². The van der Waals surface area contributed by atoms with Gasteiger partial charge in [0.1, 0.15) is 12.4 Å². The Labute approximate surface area is 114 Å². The van der Waals surface area contributed by atoms with Crippen LogP contribution in [0.3, 0.4) is 0 Å². The van der Waals surface area contributed by atoms with Crippen molar-refractivity contribution in [2.24, 2.45) is 0 Å². The highest BCUT2D eigenvalue weighted by molar-refractivity contribution is 5.63. The van der Waals surface area contributed by atoms with E-state index >= 15 is 0 Å². The molecule has 2 aromatic carbocycles. The van der Waals surface area contributed by atoms with Crippen molar-refractivity contribution in [1.29, 1.82) is 0 Å². The largest absolute Gasteiger partial charge is 0.491 e. The van der Waals surface area contributed by atoms with Crippen molar-refractivity contribution in [1.82, 2.24) is 0 Å². The van der Waals surface area contributed by atoms with Crippen molar-refractivity contribution in [3.8, 4) is 5.75 Å². The summed E-state index contributed by atoms with van der Waals surface area (Å²) < 4.78 is 11.1. The maximum atomic E-state index is 5.55. The highest BCUT2D eigenvalue weighted by Gasteiger charge is 1.98. The minimum atomic E-state index is 0.530. The molecule has 19 heavy (non-hydrogen) atoms. The van der Waals surface area contributed by atoms with Crippen molar-refractivity contribution in [2.45, 2.75) is 0 Å². The van der Waals surface area contributed by atoms with E-state index in [0.717, 1.165) is 16.9 Å². The Bertz CT molecular complexity index is 491. The van der Waals surface area contributed by atoms with Gasteiger partial charge in [-0.15, -0.1) is 0 Å². The van der Waals surface area contributed by atoms with Crippen LogP contribution in [0.25, 0.3) is 5.57 Å². The van der Waals surface area contributed by atoms with Gasteiger partial charge in [-0.05, 0) is 23.3 Å². The molecule has 0 aliphatic rings. The molecule has 0 saturated carbocycles. The Hall–Kier alpha value is -2.06. The lowest BCUT2D eigenvalue weighted by Gasteiger charge is -2.08. The maximum absolute atomic E-state index is 5.55. The molecular weight excluding hydrogens is 236 g/mol. The predicted molar refractivity (Wildman–Crippen MR) is 78.2 cm³/mol. The molecule has 0 atom stereocenters. The van der Waals surface area contributed by atoms with E-state index in [1.54, 1.807) is 0 Å². The van der Waals surface area contributed by atoms with Crippen molar-refractivity contribution < 1.29 is 9.47 Å². The molecule has 0 saturated heterocycles. The fourth-order valence-corrected chi connectivity index (χ4v) is 1.69. The third-order valence-electron chi connectivity index (χ3n) is 2.70.